The van der Waals surface area contributed by atoms with Crippen molar-refractivity contribution in [1.82, 2.24) is 13.9 Å². The number of carboxylic acids is 1. The van der Waals surface area contributed by atoms with Gasteiger partial charge < -0.3 is 14.4 Å². The van der Waals surface area contributed by atoms with Gasteiger partial charge in [-0.2, -0.15) is 17.5 Å². The number of aliphatic carboxylic acids is 1. The molecule has 3 heterocycles. The molecule has 1 aromatic rings. The lowest BCUT2D eigenvalue weighted by Gasteiger charge is -2.45. The van der Waals surface area contributed by atoms with Gasteiger partial charge >= 0.3 is 12.1 Å². The molecule has 1 spiro atoms. The number of ether oxygens (including phenoxy) is 1. The SMILES string of the molecule is Cn1cnc(S(=O)(=O)N2CC3(CC(OCC4CC4)CS3)C2)c1.O=C(O)C(F)(F)F. The maximum atomic E-state index is 12.5. The van der Waals surface area contributed by atoms with Crippen molar-refractivity contribution in [2.75, 3.05) is 25.4 Å². The Kier molecular flexibility index (Phi) is 6.23. The number of imidazole rings is 1. The van der Waals surface area contributed by atoms with Crippen molar-refractivity contribution in [2.24, 2.45) is 13.0 Å². The van der Waals surface area contributed by atoms with E-state index < -0.39 is 22.2 Å². The van der Waals surface area contributed by atoms with Gasteiger partial charge in [0.1, 0.15) is 0 Å². The molecule has 3 fully saturated rings. The van der Waals surface area contributed by atoms with Crippen LogP contribution in [0, 0.1) is 5.92 Å². The summed E-state index contributed by atoms with van der Waals surface area (Å²) in [5, 5.41) is 7.27. The van der Waals surface area contributed by atoms with Crippen molar-refractivity contribution < 1.29 is 36.2 Å². The van der Waals surface area contributed by atoms with Gasteiger partial charge in [-0.1, -0.05) is 0 Å². The van der Waals surface area contributed by atoms with Gasteiger partial charge in [0, 0.05) is 43.4 Å². The minimum atomic E-state index is -5.08. The van der Waals surface area contributed by atoms with E-state index in [9.17, 15) is 21.6 Å². The predicted molar refractivity (Wildman–Crippen MR) is 97.9 cm³/mol. The Morgan fingerprint density at radius 3 is 2.52 bits per heavy atom. The Labute approximate surface area is 170 Å². The minimum absolute atomic E-state index is 0.0655. The zero-order chi connectivity index (χ0) is 21.4. The molecule has 0 aromatic carbocycles. The molecule has 1 aliphatic carbocycles. The average Bonchev–Trinajstić information content (AvgIpc) is 3.13. The number of thioether (sulfide) groups is 1. The number of carboxylic acid groups (broad SMARTS) is 1. The lowest BCUT2D eigenvalue weighted by atomic mass is 9.95. The molecule has 1 aromatic heterocycles. The minimum Gasteiger partial charge on any atom is -0.475 e. The molecule has 1 atom stereocenters. The number of aryl methyl sites for hydroxylation is 1. The van der Waals surface area contributed by atoms with Gasteiger partial charge in [-0.3, -0.25) is 0 Å². The van der Waals surface area contributed by atoms with Crippen LogP contribution < -0.4 is 0 Å². The molecule has 8 nitrogen and oxygen atoms in total. The molecule has 2 aliphatic heterocycles. The van der Waals surface area contributed by atoms with Crippen LogP contribution in [0.1, 0.15) is 19.3 Å². The monoisotopic (exact) mass is 457 g/mol. The van der Waals surface area contributed by atoms with E-state index in [0.717, 1.165) is 24.7 Å². The van der Waals surface area contributed by atoms with Crippen molar-refractivity contribution >= 4 is 27.8 Å². The van der Waals surface area contributed by atoms with E-state index in [2.05, 4.69) is 4.98 Å². The Balaban J connectivity index is 0.000000298. The highest BCUT2D eigenvalue weighted by atomic mass is 32.2. The van der Waals surface area contributed by atoms with Crippen LogP contribution in [0.5, 0.6) is 0 Å². The number of alkyl halides is 3. The Morgan fingerprint density at radius 2 is 2.03 bits per heavy atom. The third-order valence-corrected chi connectivity index (χ3v) is 8.15. The van der Waals surface area contributed by atoms with Gasteiger partial charge in [0.15, 0.2) is 5.03 Å². The third kappa shape index (κ3) is 5.44. The summed E-state index contributed by atoms with van der Waals surface area (Å²) in [6.07, 6.45) is 1.88. The molecule has 1 N–H and O–H groups in total. The van der Waals surface area contributed by atoms with Crippen molar-refractivity contribution in [1.29, 1.82) is 0 Å². The summed E-state index contributed by atoms with van der Waals surface area (Å²) >= 11 is 1.88. The smallest absolute Gasteiger partial charge is 0.475 e. The van der Waals surface area contributed by atoms with Crippen LogP contribution >= 0.6 is 11.8 Å². The number of hydrogen-bond donors (Lipinski definition) is 1. The molecule has 4 rings (SSSR count). The molecule has 29 heavy (non-hydrogen) atoms. The van der Waals surface area contributed by atoms with Crippen molar-refractivity contribution in [3.63, 3.8) is 0 Å². The molecular weight excluding hydrogens is 435 g/mol. The second-order valence-corrected chi connectivity index (χ2v) is 10.9. The van der Waals surface area contributed by atoms with Crippen LogP contribution in [0.25, 0.3) is 0 Å². The molecule has 3 aliphatic rings. The van der Waals surface area contributed by atoms with Gasteiger partial charge in [0.05, 0.1) is 12.4 Å². The quantitative estimate of drug-likeness (QED) is 0.719. The summed E-state index contributed by atoms with van der Waals surface area (Å²) in [7, 11) is -1.65. The number of halogens is 3. The first-order valence-corrected chi connectivity index (χ1v) is 11.4. The largest absolute Gasteiger partial charge is 0.490 e. The van der Waals surface area contributed by atoms with Crippen LogP contribution in [0.3, 0.4) is 0 Å². The summed E-state index contributed by atoms with van der Waals surface area (Å²) in [6, 6.07) is 0. The topological polar surface area (TPSA) is 102 Å². The highest BCUT2D eigenvalue weighted by Gasteiger charge is 2.53. The second-order valence-electron chi connectivity index (χ2n) is 7.55. The first-order chi connectivity index (χ1) is 13.4. The summed E-state index contributed by atoms with van der Waals surface area (Å²) in [5.41, 5.74) is 0. The van der Waals surface area contributed by atoms with E-state index in [4.69, 9.17) is 14.6 Å². The fourth-order valence-electron chi connectivity index (χ4n) is 3.11. The Bertz CT molecular complexity index is 848. The number of carbonyl (C=O) groups is 1. The third-order valence-electron chi connectivity index (χ3n) is 4.90. The highest BCUT2D eigenvalue weighted by molar-refractivity contribution is 8.01. The predicted octanol–water partition coefficient (Wildman–Crippen LogP) is 1.73. The van der Waals surface area contributed by atoms with Crippen molar-refractivity contribution in [2.45, 2.75) is 41.3 Å². The molecule has 164 valence electrons. The van der Waals surface area contributed by atoms with Gasteiger partial charge in [-0.15, -0.1) is 11.8 Å². The lowest BCUT2D eigenvalue weighted by Crippen LogP contribution is -2.60. The fraction of sp³-hybridized carbons (Fsp3) is 0.750. The fourth-order valence-corrected chi connectivity index (χ4v) is 6.40. The molecule has 13 heteroatoms. The summed E-state index contributed by atoms with van der Waals surface area (Å²) in [4.78, 5) is 12.9. The molecule has 2 saturated heterocycles. The standard InChI is InChI=1S/C14H21N3O3S2.C2HF3O2/c1-16-5-13(15-10-16)22(18,19)17-8-14(9-17)4-12(7-21-14)20-6-11-2-3-11;3-2(4,5)1(6)7/h5,10-12H,2-4,6-9H2,1H3;(H,6,7). The zero-order valence-electron chi connectivity index (χ0n) is 15.6. The summed E-state index contributed by atoms with van der Waals surface area (Å²) in [5.74, 6) is -0.985. The van der Waals surface area contributed by atoms with Gasteiger partial charge in [0.2, 0.25) is 0 Å². The zero-order valence-corrected chi connectivity index (χ0v) is 17.3. The van der Waals surface area contributed by atoms with Crippen LogP contribution in [0.15, 0.2) is 17.6 Å². The van der Waals surface area contributed by atoms with Gasteiger partial charge in [0.25, 0.3) is 10.0 Å². The molecule has 0 radical (unpaired) electrons. The number of hydrogen-bond acceptors (Lipinski definition) is 6. The van der Waals surface area contributed by atoms with E-state index in [-0.39, 0.29) is 9.77 Å². The number of aromatic nitrogens is 2. The Hall–Kier alpha value is -1.31. The summed E-state index contributed by atoms with van der Waals surface area (Å²) in [6.45, 7) is 2.05. The molecule has 0 amide bonds. The second kappa shape index (κ2) is 8.08. The van der Waals surface area contributed by atoms with E-state index in [1.807, 2.05) is 11.8 Å². The Morgan fingerprint density at radius 1 is 1.41 bits per heavy atom. The van der Waals surface area contributed by atoms with E-state index in [1.54, 1.807) is 22.1 Å². The first-order valence-electron chi connectivity index (χ1n) is 8.95. The van der Waals surface area contributed by atoms with Gasteiger partial charge in [-0.05, 0) is 25.2 Å². The van der Waals surface area contributed by atoms with Crippen LogP contribution in [-0.2, 0) is 26.6 Å². The number of nitrogens with zero attached hydrogens (tertiary/aromatic N) is 3. The first kappa shape index (κ1) is 22.4. The summed E-state index contributed by atoms with van der Waals surface area (Å²) < 4.78 is 65.9. The van der Waals surface area contributed by atoms with Gasteiger partial charge in [-0.25, -0.2) is 18.2 Å². The molecule has 0 bridgehead atoms. The molecular formula is C16H22F3N3O5S2. The van der Waals surface area contributed by atoms with Crippen molar-refractivity contribution in [3.8, 4) is 0 Å². The van der Waals surface area contributed by atoms with Crippen LogP contribution in [0.2, 0.25) is 0 Å². The van der Waals surface area contributed by atoms with Crippen LogP contribution in [0.4, 0.5) is 13.2 Å². The lowest BCUT2D eigenvalue weighted by molar-refractivity contribution is -0.192. The van der Waals surface area contributed by atoms with E-state index in [0.29, 0.717) is 19.2 Å². The van der Waals surface area contributed by atoms with E-state index >= 15 is 0 Å². The normalized spacial score (nSPS) is 24.1. The maximum absolute atomic E-state index is 12.5. The number of rotatable bonds is 5. The highest BCUT2D eigenvalue weighted by Crippen LogP contribution is 2.47. The van der Waals surface area contributed by atoms with Crippen molar-refractivity contribution in [3.05, 3.63) is 12.5 Å². The number of sulfonamides is 1. The van der Waals surface area contributed by atoms with E-state index in [1.165, 1.54) is 19.2 Å². The molecule has 1 unspecified atom stereocenters. The van der Waals surface area contributed by atoms with Crippen LogP contribution in [-0.4, -0.2) is 75.8 Å². The average molecular weight is 457 g/mol. The molecule has 1 saturated carbocycles. The maximum Gasteiger partial charge on any atom is 0.490 e.